The third-order valence-electron chi connectivity index (χ3n) is 2.28. The van der Waals surface area contributed by atoms with Gasteiger partial charge in [0.05, 0.1) is 11.3 Å². The Morgan fingerprint density at radius 1 is 1.67 bits per heavy atom. The lowest BCUT2D eigenvalue weighted by atomic mass is 10.2. The molecule has 0 amide bonds. The zero-order chi connectivity index (χ0) is 11.3. The molecule has 0 aliphatic rings. The van der Waals surface area contributed by atoms with Crippen molar-refractivity contribution in [3.05, 3.63) is 17.8 Å². The van der Waals surface area contributed by atoms with Crippen molar-refractivity contribution in [2.24, 2.45) is 5.92 Å². The van der Waals surface area contributed by atoms with Crippen molar-refractivity contribution in [3.63, 3.8) is 0 Å². The minimum Gasteiger partial charge on any atom is -0.395 e. The molecule has 1 unspecified atom stereocenters. The molecule has 1 rings (SSSR count). The third-order valence-corrected chi connectivity index (χ3v) is 3.61. The standard InChI is InChI=1S/C11H15N3S/c1-3-8(2)7-15-11-10(13)9(6-12)4-5-14-11/h4-5,8H,3,7,13H2,1-2H3. The summed E-state index contributed by atoms with van der Waals surface area (Å²) in [6.45, 7) is 4.35. The molecule has 0 radical (unpaired) electrons. The van der Waals surface area contributed by atoms with Crippen LogP contribution in [0.5, 0.6) is 0 Å². The van der Waals surface area contributed by atoms with Gasteiger partial charge in [-0.25, -0.2) is 4.98 Å². The van der Waals surface area contributed by atoms with E-state index in [-0.39, 0.29) is 0 Å². The Balaban J connectivity index is 2.74. The molecule has 0 aliphatic carbocycles. The maximum Gasteiger partial charge on any atom is 0.120 e. The Morgan fingerprint density at radius 2 is 2.40 bits per heavy atom. The fourth-order valence-corrected chi connectivity index (χ4v) is 2.08. The van der Waals surface area contributed by atoms with Gasteiger partial charge in [0.1, 0.15) is 11.1 Å². The molecule has 0 spiro atoms. The second-order valence-electron chi connectivity index (χ2n) is 3.51. The minimum absolute atomic E-state index is 0.508. The van der Waals surface area contributed by atoms with Crippen molar-refractivity contribution >= 4 is 17.4 Å². The predicted octanol–water partition coefficient (Wildman–Crippen LogP) is 2.67. The van der Waals surface area contributed by atoms with Gasteiger partial charge in [0.25, 0.3) is 0 Å². The maximum atomic E-state index is 8.80. The molecule has 4 heteroatoms. The zero-order valence-corrected chi connectivity index (χ0v) is 9.84. The molecule has 0 aliphatic heterocycles. The smallest absolute Gasteiger partial charge is 0.120 e. The number of nitrogens with zero attached hydrogens (tertiary/aromatic N) is 2. The first-order valence-electron chi connectivity index (χ1n) is 4.96. The number of nitrogens with two attached hydrogens (primary N) is 1. The van der Waals surface area contributed by atoms with Gasteiger partial charge in [-0.2, -0.15) is 5.26 Å². The SMILES string of the molecule is CCC(C)CSc1nccc(C#N)c1N. The maximum absolute atomic E-state index is 8.80. The van der Waals surface area contributed by atoms with Crippen molar-refractivity contribution in [2.75, 3.05) is 11.5 Å². The van der Waals surface area contributed by atoms with Crippen LogP contribution in [0.25, 0.3) is 0 Å². The highest BCUT2D eigenvalue weighted by atomic mass is 32.2. The Morgan fingerprint density at radius 3 is 3.00 bits per heavy atom. The van der Waals surface area contributed by atoms with E-state index in [1.165, 1.54) is 0 Å². The summed E-state index contributed by atoms with van der Waals surface area (Å²) < 4.78 is 0. The van der Waals surface area contributed by atoms with Crippen LogP contribution in [-0.2, 0) is 0 Å². The molecule has 1 heterocycles. The van der Waals surface area contributed by atoms with E-state index in [0.717, 1.165) is 17.2 Å². The molecular weight excluding hydrogens is 206 g/mol. The topological polar surface area (TPSA) is 62.7 Å². The van der Waals surface area contributed by atoms with Gasteiger partial charge in [0.2, 0.25) is 0 Å². The molecule has 1 aromatic heterocycles. The minimum atomic E-state index is 0.508. The number of hydrogen-bond acceptors (Lipinski definition) is 4. The number of nitrogen functional groups attached to an aromatic ring is 1. The van der Waals surface area contributed by atoms with Gasteiger partial charge in [0.15, 0.2) is 0 Å². The number of nitriles is 1. The number of aromatic nitrogens is 1. The summed E-state index contributed by atoms with van der Waals surface area (Å²) in [7, 11) is 0. The number of hydrogen-bond donors (Lipinski definition) is 1. The van der Waals surface area contributed by atoms with Crippen molar-refractivity contribution in [1.82, 2.24) is 4.98 Å². The molecule has 1 aromatic rings. The largest absolute Gasteiger partial charge is 0.395 e. The van der Waals surface area contributed by atoms with Gasteiger partial charge < -0.3 is 5.73 Å². The molecule has 1 atom stereocenters. The van der Waals surface area contributed by atoms with Gasteiger partial charge in [-0.3, -0.25) is 0 Å². The van der Waals surface area contributed by atoms with E-state index in [0.29, 0.717) is 17.2 Å². The van der Waals surface area contributed by atoms with Crippen LogP contribution in [0.3, 0.4) is 0 Å². The van der Waals surface area contributed by atoms with E-state index in [1.807, 2.05) is 0 Å². The number of rotatable bonds is 4. The summed E-state index contributed by atoms with van der Waals surface area (Å²) >= 11 is 1.62. The van der Waals surface area contributed by atoms with Crippen molar-refractivity contribution < 1.29 is 0 Å². The first-order chi connectivity index (χ1) is 7.19. The molecule has 0 aromatic carbocycles. The fourth-order valence-electron chi connectivity index (χ4n) is 1.01. The molecule has 0 saturated carbocycles. The van der Waals surface area contributed by atoms with Crippen LogP contribution >= 0.6 is 11.8 Å². The Hall–Kier alpha value is -1.21. The van der Waals surface area contributed by atoms with Crippen molar-refractivity contribution in [2.45, 2.75) is 25.3 Å². The molecule has 2 N–H and O–H groups in total. The van der Waals surface area contributed by atoms with E-state index in [9.17, 15) is 0 Å². The van der Waals surface area contributed by atoms with Crippen LogP contribution in [0.4, 0.5) is 5.69 Å². The highest BCUT2D eigenvalue weighted by Crippen LogP contribution is 2.27. The molecular formula is C11H15N3S. The summed E-state index contributed by atoms with van der Waals surface area (Å²) in [6, 6.07) is 3.70. The third kappa shape index (κ3) is 3.14. The quantitative estimate of drug-likeness (QED) is 0.794. The van der Waals surface area contributed by atoms with E-state index in [2.05, 4.69) is 24.9 Å². The van der Waals surface area contributed by atoms with Crippen LogP contribution in [-0.4, -0.2) is 10.7 Å². The first kappa shape index (κ1) is 11.9. The van der Waals surface area contributed by atoms with E-state index in [1.54, 1.807) is 24.0 Å². The van der Waals surface area contributed by atoms with E-state index < -0.39 is 0 Å². The lowest BCUT2D eigenvalue weighted by Gasteiger charge is -2.09. The van der Waals surface area contributed by atoms with Gasteiger partial charge in [-0.1, -0.05) is 20.3 Å². The predicted molar refractivity (Wildman–Crippen MR) is 63.5 cm³/mol. The van der Waals surface area contributed by atoms with E-state index in [4.69, 9.17) is 11.0 Å². The normalized spacial score (nSPS) is 12.1. The summed E-state index contributed by atoms with van der Waals surface area (Å²) in [4.78, 5) is 4.18. The number of thioether (sulfide) groups is 1. The van der Waals surface area contributed by atoms with Gasteiger partial charge in [-0.15, -0.1) is 11.8 Å². The van der Waals surface area contributed by atoms with Crippen LogP contribution in [0.15, 0.2) is 17.3 Å². The highest BCUT2D eigenvalue weighted by Gasteiger charge is 2.08. The second-order valence-corrected chi connectivity index (χ2v) is 4.52. The lowest BCUT2D eigenvalue weighted by Crippen LogP contribution is -1.99. The number of anilines is 1. The van der Waals surface area contributed by atoms with E-state index >= 15 is 0 Å². The molecule has 80 valence electrons. The summed E-state index contributed by atoms with van der Waals surface area (Å²) in [5, 5.41) is 9.57. The van der Waals surface area contributed by atoms with Gasteiger partial charge in [0, 0.05) is 11.9 Å². The van der Waals surface area contributed by atoms with Gasteiger partial charge >= 0.3 is 0 Å². The van der Waals surface area contributed by atoms with Crippen LogP contribution in [0, 0.1) is 17.2 Å². The monoisotopic (exact) mass is 221 g/mol. The van der Waals surface area contributed by atoms with Crippen LogP contribution in [0.1, 0.15) is 25.8 Å². The Kier molecular flexibility index (Phi) is 4.44. The second kappa shape index (κ2) is 5.62. The zero-order valence-electron chi connectivity index (χ0n) is 9.03. The molecule has 0 fully saturated rings. The Labute approximate surface area is 94.7 Å². The molecule has 0 saturated heterocycles. The van der Waals surface area contributed by atoms with Crippen molar-refractivity contribution in [3.8, 4) is 6.07 Å². The molecule has 15 heavy (non-hydrogen) atoms. The lowest BCUT2D eigenvalue weighted by molar-refractivity contribution is 0.636. The fraction of sp³-hybridized carbons (Fsp3) is 0.455. The van der Waals surface area contributed by atoms with Crippen molar-refractivity contribution in [1.29, 1.82) is 5.26 Å². The van der Waals surface area contributed by atoms with Crippen LogP contribution < -0.4 is 5.73 Å². The number of pyridine rings is 1. The van der Waals surface area contributed by atoms with Gasteiger partial charge in [-0.05, 0) is 12.0 Å². The highest BCUT2D eigenvalue weighted by molar-refractivity contribution is 7.99. The molecule has 3 nitrogen and oxygen atoms in total. The average Bonchev–Trinajstić information content (AvgIpc) is 2.27. The molecule has 0 bridgehead atoms. The average molecular weight is 221 g/mol. The summed E-state index contributed by atoms with van der Waals surface area (Å²) in [5.74, 6) is 1.63. The summed E-state index contributed by atoms with van der Waals surface area (Å²) in [5.41, 5.74) is 6.83. The Bertz CT molecular complexity index is 371. The van der Waals surface area contributed by atoms with Crippen LogP contribution in [0.2, 0.25) is 0 Å². The first-order valence-corrected chi connectivity index (χ1v) is 5.95. The summed E-state index contributed by atoms with van der Waals surface area (Å²) in [6.07, 6.45) is 2.78.